The first-order valence-electron chi connectivity index (χ1n) is 7.29. The van der Waals surface area contributed by atoms with Crippen LogP contribution in [0.2, 0.25) is 0 Å². The van der Waals surface area contributed by atoms with Gasteiger partial charge in [-0.25, -0.2) is 9.98 Å². The Hall–Kier alpha value is -0.900. The van der Waals surface area contributed by atoms with Crippen LogP contribution in [0, 0.1) is 6.92 Å². The van der Waals surface area contributed by atoms with Crippen molar-refractivity contribution in [2.24, 2.45) is 4.99 Å². The van der Waals surface area contributed by atoms with Crippen molar-refractivity contribution in [1.82, 2.24) is 20.1 Å². The van der Waals surface area contributed by atoms with E-state index in [1.807, 2.05) is 17.3 Å². The van der Waals surface area contributed by atoms with E-state index in [2.05, 4.69) is 22.1 Å². The monoisotopic (exact) mass is 437 g/mol. The third-order valence-corrected chi connectivity index (χ3v) is 4.50. The molecular weight excluding hydrogens is 413 g/mol. The fraction of sp³-hybridized carbons (Fsp3) is 0.643. The predicted octanol–water partition coefficient (Wildman–Crippen LogP) is 1.70. The maximum absolute atomic E-state index is 11.4. The van der Waals surface area contributed by atoms with E-state index in [4.69, 9.17) is 4.99 Å². The number of hydrogen-bond donors (Lipinski definition) is 1. The van der Waals surface area contributed by atoms with Gasteiger partial charge in [0.1, 0.15) is 0 Å². The molecule has 1 aromatic heterocycles. The highest BCUT2D eigenvalue weighted by Gasteiger charge is 2.20. The summed E-state index contributed by atoms with van der Waals surface area (Å²) in [5, 5.41) is 3.33. The Balaban J connectivity index is 0.00000242. The first-order chi connectivity index (χ1) is 10.1. The minimum absolute atomic E-state index is 0. The molecule has 1 fully saturated rings. The lowest BCUT2D eigenvalue weighted by Gasteiger charge is -2.36. The lowest BCUT2D eigenvalue weighted by molar-refractivity contribution is -0.130. The van der Waals surface area contributed by atoms with E-state index in [0.717, 1.165) is 44.4 Å². The molecule has 1 N–H and O–H groups in total. The van der Waals surface area contributed by atoms with Gasteiger partial charge in [-0.1, -0.05) is 0 Å². The van der Waals surface area contributed by atoms with Gasteiger partial charge in [0.15, 0.2) is 5.96 Å². The normalized spacial score (nSPS) is 15.5. The van der Waals surface area contributed by atoms with Crippen LogP contribution in [0.4, 0.5) is 0 Å². The first-order valence-corrected chi connectivity index (χ1v) is 8.17. The molecule has 1 amide bonds. The van der Waals surface area contributed by atoms with Gasteiger partial charge in [0, 0.05) is 44.5 Å². The molecular formula is C14H24IN5OS. The second-order valence-electron chi connectivity index (χ2n) is 5.02. The number of thiazole rings is 1. The van der Waals surface area contributed by atoms with Crippen LogP contribution in [0.1, 0.15) is 24.4 Å². The highest BCUT2D eigenvalue weighted by atomic mass is 127. The van der Waals surface area contributed by atoms with Crippen LogP contribution >= 0.6 is 35.3 Å². The zero-order chi connectivity index (χ0) is 15.2. The molecule has 1 aromatic rings. The van der Waals surface area contributed by atoms with E-state index in [1.165, 1.54) is 4.88 Å². The zero-order valence-electron chi connectivity index (χ0n) is 13.3. The average Bonchev–Trinajstić information content (AvgIpc) is 2.89. The van der Waals surface area contributed by atoms with Gasteiger partial charge in [-0.15, -0.1) is 35.3 Å². The van der Waals surface area contributed by atoms with Crippen LogP contribution in [0.25, 0.3) is 0 Å². The molecule has 0 unspecified atom stereocenters. The number of amides is 1. The van der Waals surface area contributed by atoms with E-state index in [9.17, 15) is 4.79 Å². The number of nitrogens with one attached hydrogen (secondary N) is 1. The molecule has 0 radical (unpaired) electrons. The maximum Gasteiger partial charge on any atom is 0.219 e. The molecule has 0 bridgehead atoms. The number of piperazine rings is 1. The highest BCUT2D eigenvalue weighted by Crippen LogP contribution is 2.13. The Morgan fingerprint density at radius 3 is 2.50 bits per heavy atom. The van der Waals surface area contributed by atoms with Crippen LogP contribution in [-0.2, 0) is 11.3 Å². The number of halogens is 1. The second kappa shape index (κ2) is 9.29. The van der Waals surface area contributed by atoms with Crippen molar-refractivity contribution < 1.29 is 4.79 Å². The number of guanidine groups is 1. The van der Waals surface area contributed by atoms with E-state index in [0.29, 0.717) is 6.54 Å². The van der Waals surface area contributed by atoms with Crippen molar-refractivity contribution in [3.05, 3.63) is 16.1 Å². The maximum atomic E-state index is 11.4. The molecule has 0 aliphatic carbocycles. The highest BCUT2D eigenvalue weighted by molar-refractivity contribution is 14.0. The van der Waals surface area contributed by atoms with Crippen molar-refractivity contribution in [2.75, 3.05) is 32.7 Å². The summed E-state index contributed by atoms with van der Waals surface area (Å²) in [5.41, 5.74) is 2.92. The number of nitrogens with zero attached hydrogens (tertiary/aromatic N) is 4. The van der Waals surface area contributed by atoms with E-state index in [1.54, 1.807) is 18.3 Å². The quantitative estimate of drug-likeness (QED) is 0.445. The standard InChI is InChI=1S/C14H23N5OS.HI/c1-4-15-14(16-9-13-11(2)17-10-21-13)19-7-5-18(6-8-19)12(3)20;/h10H,4-9H2,1-3H3,(H,15,16);1H. The molecule has 2 heterocycles. The van der Waals surface area contributed by atoms with Crippen molar-refractivity contribution in [3.8, 4) is 0 Å². The van der Waals surface area contributed by atoms with E-state index < -0.39 is 0 Å². The van der Waals surface area contributed by atoms with Crippen molar-refractivity contribution in [1.29, 1.82) is 0 Å². The topological polar surface area (TPSA) is 60.8 Å². The Morgan fingerprint density at radius 2 is 2.00 bits per heavy atom. The summed E-state index contributed by atoms with van der Waals surface area (Å²) in [5.74, 6) is 1.07. The molecule has 1 aliphatic heterocycles. The molecule has 6 nitrogen and oxygen atoms in total. The smallest absolute Gasteiger partial charge is 0.219 e. The molecule has 0 aromatic carbocycles. The Kier molecular flexibility index (Phi) is 8.08. The molecule has 0 spiro atoms. The van der Waals surface area contributed by atoms with Gasteiger partial charge in [-0.05, 0) is 13.8 Å². The van der Waals surface area contributed by atoms with Gasteiger partial charge in [0.2, 0.25) is 5.91 Å². The summed E-state index contributed by atoms with van der Waals surface area (Å²) in [4.78, 5) is 25.6. The third kappa shape index (κ3) is 5.08. The predicted molar refractivity (Wildman–Crippen MR) is 101 cm³/mol. The number of hydrogen-bond acceptors (Lipinski definition) is 4. The largest absolute Gasteiger partial charge is 0.357 e. The van der Waals surface area contributed by atoms with Gasteiger partial charge in [-0.2, -0.15) is 0 Å². The molecule has 124 valence electrons. The minimum Gasteiger partial charge on any atom is -0.357 e. The third-order valence-electron chi connectivity index (χ3n) is 3.58. The summed E-state index contributed by atoms with van der Waals surface area (Å²) in [6.45, 7) is 10.4. The number of carbonyl (C=O) groups excluding carboxylic acids is 1. The summed E-state index contributed by atoms with van der Waals surface area (Å²) in [7, 11) is 0. The first kappa shape index (κ1) is 19.1. The summed E-state index contributed by atoms with van der Waals surface area (Å²) >= 11 is 1.64. The minimum atomic E-state index is 0. The molecule has 0 atom stereocenters. The summed E-state index contributed by atoms with van der Waals surface area (Å²) in [6.07, 6.45) is 0. The van der Waals surface area contributed by atoms with Gasteiger partial charge in [0.25, 0.3) is 0 Å². The number of aromatic nitrogens is 1. The Morgan fingerprint density at radius 1 is 1.36 bits per heavy atom. The zero-order valence-corrected chi connectivity index (χ0v) is 16.5. The SMILES string of the molecule is CCNC(=NCc1scnc1C)N1CCN(C(C)=O)CC1.I. The van der Waals surface area contributed by atoms with Gasteiger partial charge in [-0.3, -0.25) is 4.79 Å². The van der Waals surface area contributed by atoms with Gasteiger partial charge >= 0.3 is 0 Å². The summed E-state index contributed by atoms with van der Waals surface area (Å²) < 4.78 is 0. The van der Waals surface area contributed by atoms with Crippen LogP contribution in [0.3, 0.4) is 0 Å². The number of aliphatic imine (C=N–C) groups is 1. The Bertz CT molecular complexity index is 511. The number of rotatable bonds is 3. The number of aryl methyl sites for hydroxylation is 1. The Labute approximate surface area is 153 Å². The van der Waals surface area contributed by atoms with Crippen LogP contribution in [0.15, 0.2) is 10.5 Å². The molecule has 22 heavy (non-hydrogen) atoms. The fourth-order valence-corrected chi connectivity index (χ4v) is 2.98. The van der Waals surface area contributed by atoms with E-state index in [-0.39, 0.29) is 29.9 Å². The molecule has 1 saturated heterocycles. The lowest BCUT2D eigenvalue weighted by atomic mass is 10.3. The average molecular weight is 437 g/mol. The molecule has 0 saturated carbocycles. The van der Waals surface area contributed by atoms with Crippen LogP contribution < -0.4 is 5.32 Å². The van der Waals surface area contributed by atoms with Crippen LogP contribution in [-0.4, -0.2) is 59.4 Å². The van der Waals surface area contributed by atoms with Crippen molar-refractivity contribution in [2.45, 2.75) is 27.3 Å². The molecule has 8 heteroatoms. The van der Waals surface area contributed by atoms with Gasteiger partial charge < -0.3 is 15.1 Å². The number of carbonyl (C=O) groups is 1. The fourth-order valence-electron chi connectivity index (χ4n) is 2.28. The summed E-state index contributed by atoms with van der Waals surface area (Å²) in [6, 6.07) is 0. The van der Waals surface area contributed by atoms with Crippen LogP contribution in [0.5, 0.6) is 0 Å². The van der Waals surface area contributed by atoms with Crippen molar-refractivity contribution >= 4 is 47.2 Å². The lowest BCUT2D eigenvalue weighted by Crippen LogP contribution is -2.53. The molecule has 2 rings (SSSR count). The van der Waals surface area contributed by atoms with E-state index >= 15 is 0 Å². The second-order valence-corrected chi connectivity index (χ2v) is 5.96. The molecule has 1 aliphatic rings. The van der Waals surface area contributed by atoms with Gasteiger partial charge in [0.05, 0.1) is 17.7 Å². The van der Waals surface area contributed by atoms with Crippen molar-refractivity contribution in [3.63, 3.8) is 0 Å².